The number of aromatic hydroxyl groups is 1. The molecule has 0 aliphatic carbocycles. The first-order chi connectivity index (χ1) is 63.9. The molecule has 2 aromatic heterocycles. The third-order valence-corrected chi connectivity index (χ3v) is 23.4. The fraction of sp³-hybridized carbons (Fsp3) is 0.568. The van der Waals surface area contributed by atoms with E-state index in [9.17, 15) is 78.0 Å². The molecule has 24 N–H and O–H groups in total. The van der Waals surface area contributed by atoms with E-state index >= 15 is 14.4 Å². The minimum absolute atomic E-state index is 0.00142. The van der Waals surface area contributed by atoms with Gasteiger partial charge in [-0.2, -0.15) is 0 Å². The quantitative estimate of drug-likeness (QED) is 0.0151. The van der Waals surface area contributed by atoms with Crippen LogP contribution in [0.1, 0.15) is 223 Å². The maximum Gasteiger partial charge on any atom is 0.303 e. The Morgan fingerprint density at radius 1 is 0.496 bits per heavy atom. The zero-order chi connectivity index (χ0) is 97.2. The summed E-state index contributed by atoms with van der Waals surface area (Å²) < 4.78 is 0. The summed E-state index contributed by atoms with van der Waals surface area (Å²) in [6, 6.07) is 7.98. The van der Waals surface area contributed by atoms with Gasteiger partial charge >= 0.3 is 5.97 Å². The molecule has 12 atom stereocenters. The van der Waals surface area contributed by atoms with Gasteiger partial charge in [-0.3, -0.25) is 82.3 Å². The summed E-state index contributed by atoms with van der Waals surface area (Å²) in [6.07, 6.45) is 18.4. The number of amides is 13. The SMILES string of the molecule is CCCCCCCCCCCCCCCC(=O)C[C@@H](CO)C(=O)NC(Cc1ccc(O)cc1)C(=O)N[C@@H](CO)C(=O)N[C@@H](CCCC)C(=O)N[C@@H](CCC(=O)O)C(=O)N[C@H](Cc1cccnc1)C(=O)N[C@H](Cc1ccccc1)C(=O)N[C@@H](CCCNC(=N)N)C(=O)N[C@@H](Cc1c[nH]c2ccccc12)C(=O)NCC(=O)N[C@@H](CCCCN)C(=O)N1CCC[C@H]1C(=O)N[C@H](C(N)=O)C(C)C. The Balaban J connectivity index is 1.21. The van der Waals surface area contributed by atoms with E-state index in [0.29, 0.717) is 65.3 Å². The lowest BCUT2D eigenvalue weighted by molar-refractivity contribution is -0.142. The number of carboxylic acids is 1. The molecule has 0 bridgehead atoms. The zero-order valence-corrected chi connectivity index (χ0v) is 77.1. The van der Waals surface area contributed by atoms with Gasteiger partial charge in [0.15, 0.2) is 5.96 Å². The number of aliphatic hydroxyl groups excluding tert-OH is 2. The smallest absolute Gasteiger partial charge is 0.303 e. The fourth-order valence-corrected chi connectivity index (χ4v) is 15.8. The number of para-hydroxylation sites is 1. The Hall–Kier alpha value is -12.5. The molecule has 133 heavy (non-hydrogen) atoms. The molecule has 1 aliphatic rings. The van der Waals surface area contributed by atoms with E-state index in [0.717, 1.165) is 32.1 Å². The number of nitrogens with zero attached hydrogens (tertiary/aromatic N) is 2. The van der Waals surface area contributed by atoms with E-state index < -0.39 is 194 Å². The van der Waals surface area contributed by atoms with Crippen molar-refractivity contribution in [3.8, 4) is 5.75 Å². The van der Waals surface area contributed by atoms with E-state index in [1.54, 1.807) is 93.7 Å². The first kappa shape index (κ1) is 109. The number of carbonyl (C=O) groups is 15. The predicted molar refractivity (Wildman–Crippen MR) is 499 cm³/mol. The number of carbonyl (C=O) groups excluding carboxylic acids is 14. The van der Waals surface area contributed by atoms with Crippen LogP contribution in [0, 0.1) is 17.2 Å². The Bertz CT molecular complexity index is 4560. The second-order valence-corrected chi connectivity index (χ2v) is 34.5. The monoisotopic (exact) mass is 1850 g/mol. The second-order valence-electron chi connectivity index (χ2n) is 34.5. The maximum absolute atomic E-state index is 15.3. The number of unbranched alkanes of at least 4 members (excludes halogenated alkanes) is 14. The number of H-pyrrole nitrogens is 1. The number of nitrogens with two attached hydrogens (primary N) is 3. The molecule has 6 rings (SSSR count). The summed E-state index contributed by atoms with van der Waals surface area (Å²) in [5, 5.41) is 81.4. The van der Waals surface area contributed by atoms with E-state index in [4.69, 9.17) is 22.6 Å². The molecule has 1 unspecified atom stereocenters. The van der Waals surface area contributed by atoms with Crippen molar-refractivity contribution in [2.24, 2.45) is 29.0 Å². The molecule has 1 aliphatic heterocycles. The molecular formula is C95H141N19O19. The van der Waals surface area contributed by atoms with Crippen LogP contribution in [0.25, 0.3) is 10.9 Å². The standard InChI is InChI=1S/C95H141N19O19/c1-5-7-9-10-11-12-13-14-15-16-17-18-22-33-67(118)53-65(58-115)84(123)108-74(51-62-40-42-66(117)43-41-62)91(130)112-78(59-116)92(131)106-70(35-8-6-2)86(125)107-72(44-45-81(120)121)88(127)109-76(52-63-32-27-47-100-55-63)90(129)110-75(50-61-30-20-19-21-31-61)89(128)105-71(38-28-48-101-95(98)99)87(126)111-77(54-64-56-102-69-36-24-23-34-68(64)69)85(124)103-57-80(119)104-73(37-25-26-46-96)94(133)114-49-29-39-79(114)93(132)113-82(60(3)4)83(97)122/h19-21,23-24,27,30-32,34,36,40-43,47,55-56,60,65,70-79,82,102,115-117H,5-18,22,25-26,28-29,33,35,37-39,44-46,48-54,57-59,96H2,1-4H3,(H2,97,122)(H,103,124)(H,104,119)(H,105,128)(H,106,131)(H,107,125)(H,108,123)(H,109,127)(H,110,129)(H,111,126)(H,112,130)(H,113,132)(H,120,121)(H4,98,99,101)/t65-,70-,71-,72-,73-,74?,75+,76+,77-,78-,79-,82-/m0/s1. The van der Waals surface area contributed by atoms with Gasteiger partial charge in [0.05, 0.1) is 25.7 Å². The van der Waals surface area contributed by atoms with Crippen molar-refractivity contribution in [1.82, 2.24) is 78.7 Å². The van der Waals surface area contributed by atoms with Crippen molar-refractivity contribution >= 4 is 105 Å². The van der Waals surface area contributed by atoms with Gasteiger partial charge in [-0.1, -0.05) is 184 Å². The number of primary amides is 1. The molecule has 38 heteroatoms. The summed E-state index contributed by atoms with van der Waals surface area (Å²) in [6.45, 7) is 5.26. The van der Waals surface area contributed by atoms with E-state index in [2.05, 4.69) is 80.7 Å². The Kier molecular flexibility index (Phi) is 49.2. The summed E-state index contributed by atoms with van der Waals surface area (Å²) in [4.78, 5) is 222. The van der Waals surface area contributed by atoms with Crippen LogP contribution in [-0.4, -0.2) is 236 Å². The highest BCUT2D eigenvalue weighted by molar-refractivity contribution is 6.00. The van der Waals surface area contributed by atoms with Crippen molar-refractivity contribution < 1.29 is 92.3 Å². The lowest BCUT2D eigenvalue weighted by Crippen LogP contribution is -2.61. The Morgan fingerprint density at radius 3 is 1.53 bits per heavy atom. The van der Waals surface area contributed by atoms with Crippen molar-refractivity contribution in [2.45, 2.75) is 293 Å². The largest absolute Gasteiger partial charge is 0.508 e. The highest BCUT2D eigenvalue weighted by atomic mass is 16.4. The molecule has 0 saturated carbocycles. The van der Waals surface area contributed by atoms with Crippen LogP contribution in [0.4, 0.5) is 0 Å². The molecule has 730 valence electrons. The molecule has 38 nitrogen and oxygen atoms in total. The van der Waals surface area contributed by atoms with Crippen LogP contribution in [0.5, 0.6) is 5.75 Å². The third-order valence-electron chi connectivity index (χ3n) is 23.4. The predicted octanol–water partition coefficient (Wildman–Crippen LogP) is 3.12. The molecule has 0 radical (unpaired) electrons. The number of hydrogen-bond acceptors (Lipinski definition) is 21. The van der Waals surface area contributed by atoms with Crippen LogP contribution in [0.3, 0.4) is 0 Å². The number of benzene rings is 3. The van der Waals surface area contributed by atoms with Crippen LogP contribution >= 0.6 is 0 Å². The molecule has 3 aromatic carbocycles. The Labute approximate surface area is 777 Å². The number of aliphatic carboxylic acids is 1. The topological polar surface area (TPSA) is 615 Å². The number of rotatable bonds is 65. The summed E-state index contributed by atoms with van der Waals surface area (Å²) in [5.41, 5.74) is 19.6. The van der Waals surface area contributed by atoms with Crippen LogP contribution in [0.2, 0.25) is 0 Å². The number of ketones is 1. The van der Waals surface area contributed by atoms with Gasteiger partial charge in [0.25, 0.3) is 0 Å². The number of carboxylic acid groups (broad SMARTS) is 1. The number of nitrogens with one attached hydrogen (secondary N) is 14. The minimum Gasteiger partial charge on any atom is -0.508 e. The zero-order valence-electron chi connectivity index (χ0n) is 77.1. The summed E-state index contributed by atoms with van der Waals surface area (Å²) in [5.74, 6) is -15.5. The van der Waals surface area contributed by atoms with Crippen LogP contribution in [0.15, 0.2) is 110 Å². The minimum atomic E-state index is -1.82. The van der Waals surface area contributed by atoms with Crippen molar-refractivity contribution in [3.63, 3.8) is 0 Å². The number of phenolic OH excluding ortho intramolecular Hbond substituents is 1. The highest BCUT2D eigenvalue weighted by Crippen LogP contribution is 2.24. The number of aromatic nitrogens is 2. The molecule has 1 fully saturated rings. The number of aliphatic hydroxyl groups is 2. The van der Waals surface area contributed by atoms with Gasteiger partial charge in [-0.15, -0.1) is 0 Å². The lowest BCUT2D eigenvalue weighted by atomic mass is 9.97. The van der Waals surface area contributed by atoms with E-state index in [-0.39, 0.29) is 114 Å². The van der Waals surface area contributed by atoms with Gasteiger partial charge in [0.2, 0.25) is 76.8 Å². The van der Waals surface area contributed by atoms with Gasteiger partial charge in [0.1, 0.15) is 78.0 Å². The molecule has 13 amide bonds. The number of guanidine groups is 1. The number of Topliss-reactive ketones (excluding diaryl/α,β-unsaturated/α-hetero) is 1. The van der Waals surface area contributed by atoms with Gasteiger partial charge < -0.3 is 111 Å². The van der Waals surface area contributed by atoms with Crippen molar-refractivity contribution in [1.29, 1.82) is 5.41 Å². The number of fused-ring (bicyclic) bond motifs is 1. The summed E-state index contributed by atoms with van der Waals surface area (Å²) >= 11 is 0. The van der Waals surface area contributed by atoms with E-state index in [1.807, 2.05) is 0 Å². The van der Waals surface area contributed by atoms with Crippen molar-refractivity contribution in [2.75, 3.05) is 39.4 Å². The molecular weight excluding hydrogens is 1710 g/mol. The molecule has 3 heterocycles. The highest BCUT2D eigenvalue weighted by Gasteiger charge is 2.41. The number of hydrogen-bond donors (Lipinski definition) is 21. The first-order valence-electron chi connectivity index (χ1n) is 46.8. The lowest BCUT2D eigenvalue weighted by Gasteiger charge is -2.30. The van der Waals surface area contributed by atoms with Gasteiger partial charge in [-0.25, -0.2) is 0 Å². The average molecular weight is 1850 g/mol. The van der Waals surface area contributed by atoms with Crippen molar-refractivity contribution in [3.05, 3.63) is 132 Å². The number of phenols is 1. The third kappa shape index (κ3) is 39.5. The Morgan fingerprint density at radius 2 is 0.992 bits per heavy atom. The van der Waals surface area contributed by atoms with Gasteiger partial charge in [-0.05, 0) is 123 Å². The van der Waals surface area contributed by atoms with E-state index in [1.165, 1.54) is 86.5 Å². The average Bonchev–Trinajstić information content (AvgIpc) is 1.43. The number of likely N-dealkylation sites (tertiary alicyclic amines) is 1. The number of pyridine rings is 1. The second kappa shape index (κ2) is 59.8. The maximum atomic E-state index is 15.3. The molecule has 5 aromatic rings. The van der Waals surface area contributed by atoms with Gasteiger partial charge in [0, 0.05) is 87.5 Å². The first-order valence-corrected chi connectivity index (χ1v) is 46.8. The van der Waals surface area contributed by atoms with Crippen LogP contribution in [-0.2, 0) is 97.6 Å². The van der Waals surface area contributed by atoms with Crippen LogP contribution < -0.4 is 81.0 Å². The summed E-state index contributed by atoms with van der Waals surface area (Å²) in [7, 11) is 0. The normalized spacial score (nSPS) is 14.9. The fourth-order valence-electron chi connectivity index (χ4n) is 15.8. The molecule has 0 spiro atoms. The number of aromatic amines is 1. The molecule has 1 saturated heterocycles.